The normalized spacial score (nSPS) is 10.8. The van der Waals surface area contributed by atoms with Crippen molar-refractivity contribution < 1.29 is 4.79 Å². The van der Waals surface area contributed by atoms with Crippen molar-refractivity contribution in [1.29, 1.82) is 0 Å². The number of aromatic amines is 1. The van der Waals surface area contributed by atoms with Crippen LogP contribution in [0.1, 0.15) is 15.9 Å². The van der Waals surface area contributed by atoms with E-state index < -0.39 is 11.5 Å². The predicted molar refractivity (Wildman–Crippen MR) is 97.0 cm³/mol. The lowest BCUT2D eigenvalue weighted by atomic mass is 10.1. The van der Waals surface area contributed by atoms with E-state index in [0.29, 0.717) is 16.5 Å². The van der Waals surface area contributed by atoms with Crippen molar-refractivity contribution in [2.45, 2.75) is 6.92 Å². The molecule has 6 heteroatoms. The maximum Gasteiger partial charge on any atom is 0.269 e. The van der Waals surface area contributed by atoms with Gasteiger partial charge in [-0.25, -0.2) is 4.57 Å². The van der Waals surface area contributed by atoms with Crippen molar-refractivity contribution in [2.75, 3.05) is 0 Å². The Morgan fingerprint density at radius 3 is 2.55 bits per heavy atom. The first-order valence-corrected chi connectivity index (χ1v) is 8.02. The van der Waals surface area contributed by atoms with Gasteiger partial charge in [0, 0.05) is 9.13 Å². The fourth-order valence-corrected chi connectivity index (χ4v) is 2.96. The highest BCUT2D eigenvalue weighted by molar-refractivity contribution is 14.1. The smallest absolute Gasteiger partial charge is 0.269 e. The van der Waals surface area contributed by atoms with Crippen LogP contribution in [-0.4, -0.2) is 15.5 Å². The fraction of sp³-hybridized carbons (Fsp3) is 0.0625. The van der Waals surface area contributed by atoms with Crippen LogP contribution in [-0.2, 0) is 0 Å². The summed E-state index contributed by atoms with van der Waals surface area (Å²) in [5.74, 6) is -0.424. The summed E-state index contributed by atoms with van der Waals surface area (Å²) in [6, 6.07) is 12.4. The Morgan fingerprint density at radius 1 is 1.18 bits per heavy atom. The Hall–Kier alpha value is -1.80. The third-order valence-corrected chi connectivity index (χ3v) is 4.32. The third-order valence-electron chi connectivity index (χ3n) is 3.36. The number of nitrogens with one attached hydrogen (secondary N) is 1. The molecule has 3 rings (SSSR count). The molecule has 1 aromatic heterocycles. The summed E-state index contributed by atoms with van der Waals surface area (Å²) in [4.78, 5) is 28.2. The van der Waals surface area contributed by atoms with Crippen LogP contribution in [0.15, 0.2) is 47.3 Å². The average molecular weight is 422 g/mol. The van der Waals surface area contributed by atoms with Crippen LogP contribution in [0.3, 0.4) is 0 Å². The van der Waals surface area contributed by atoms with E-state index in [1.54, 1.807) is 24.3 Å². The van der Waals surface area contributed by atoms with Gasteiger partial charge in [0.25, 0.3) is 11.5 Å². The van der Waals surface area contributed by atoms with Crippen molar-refractivity contribution >= 4 is 51.6 Å². The van der Waals surface area contributed by atoms with Gasteiger partial charge in [-0.15, -0.1) is 0 Å². The van der Waals surface area contributed by atoms with Crippen molar-refractivity contribution in [3.8, 4) is 0 Å². The van der Waals surface area contributed by atoms with Crippen LogP contribution in [0.4, 0.5) is 0 Å². The number of aromatic nitrogens is 2. The minimum atomic E-state index is -0.424. The minimum absolute atomic E-state index is 0.101. The molecule has 0 spiro atoms. The fourth-order valence-electron chi connectivity index (χ4n) is 2.20. The molecule has 0 aliphatic carbocycles. The molecule has 0 aliphatic heterocycles. The van der Waals surface area contributed by atoms with Gasteiger partial charge in [-0.1, -0.05) is 17.7 Å². The number of benzene rings is 2. The summed E-state index contributed by atoms with van der Waals surface area (Å²) in [5.41, 5.74) is 1.70. The second kappa shape index (κ2) is 5.77. The molecule has 0 amide bonds. The van der Waals surface area contributed by atoms with Gasteiger partial charge in [-0.3, -0.25) is 9.59 Å². The number of carbonyl (C=O) groups is 1. The molecule has 1 N–H and O–H groups in total. The molecule has 4 nitrogen and oxygen atoms in total. The van der Waals surface area contributed by atoms with Gasteiger partial charge >= 0.3 is 0 Å². The summed E-state index contributed by atoms with van der Waals surface area (Å²) < 4.78 is 2.03. The number of halogens is 1. The Labute approximate surface area is 144 Å². The first-order chi connectivity index (χ1) is 10.5. The van der Waals surface area contributed by atoms with Crippen LogP contribution in [0, 0.1) is 15.3 Å². The highest BCUT2D eigenvalue weighted by atomic mass is 127. The Morgan fingerprint density at radius 2 is 1.86 bits per heavy atom. The molecule has 0 saturated carbocycles. The van der Waals surface area contributed by atoms with Gasteiger partial charge in [0.05, 0.1) is 10.9 Å². The minimum Gasteiger partial charge on any atom is -0.331 e. The van der Waals surface area contributed by atoms with Crippen LogP contribution in [0.25, 0.3) is 10.9 Å². The number of hydrogen-bond donors (Lipinski definition) is 1. The van der Waals surface area contributed by atoms with E-state index in [-0.39, 0.29) is 4.77 Å². The molecule has 1 heterocycles. The molecule has 0 fully saturated rings. The van der Waals surface area contributed by atoms with Gasteiger partial charge in [-0.05, 0) is 72.1 Å². The highest BCUT2D eigenvalue weighted by Gasteiger charge is 2.14. The zero-order valence-corrected chi connectivity index (χ0v) is 14.6. The van der Waals surface area contributed by atoms with Gasteiger partial charge in [0.1, 0.15) is 0 Å². The molecule has 0 aliphatic rings. The average Bonchev–Trinajstić information content (AvgIpc) is 2.49. The highest BCUT2D eigenvalue weighted by Crippen LogP contribution is 2.13. The summed E-state index contributed by atoms with van der Waals surface area (Å²) in [7, 11) is 0. The molecule has 0 bridgehead atoms. The number of aryl methyl sites for hydroxylation is 1. The third kappa shape index (κ3) is 2.64. The molecule has 0 saturated heterocycles. The molecule has 2 aromatic carbocycles. The molecular weight excluding hydrogens is 411 g/mol. The molecule has 0 unspecified atom stereocenters. The number of carbonyl (C=O) groups excluding carboxylic acids is 1. The Kier molecular flexibility index (Phi) is 3.96. The van der Waals surface area contributed by atoms with E-state index in [4.69, 9.17) is 12.2 Å². The van der Waals surface area contributed by atoms with Gasteiger partial charge in [-0.2, -0.15) is 0 Å². The second-order valence-electron chi connectivity index (χ2n) is 4.93. The standard InChI is InChI=1S/C16H11IN2O2S/c1-9-2-4-10(5-3-9)14(20)19-15(21)12-8-11(17)6-7-13(12)18-16(19)22/h2-8H,1H3,(H,18,22). The first kappa shape index (κ1) is 15.1. The number of H-pyrrole nitrogens is 1. The van der Waals surface area contributed by atoms with Crippen molar-refractivity contribution in [3.63, 3.8) is 0 Å². The summed E-state index contributed by atoms with van der Waals surface area (Å²) >= 11 is 7.31. The first-order valence-electron chi connectivity index (χ1n) is 6.53. The molecular formula is C16H11IN2O2S. The topological polar surface area (TPSA) is 54.9 Å². The van der Waals surface area contributed by atoms with Crippen molar-refractivity contribution in [3.05, 3.63) is 72.3 Å². The Bertz CT molecular complexity index is 1000. The quantitative estimate of drug-likeness (QED) is 0.481. The van der Waals surface area contributed by atoms with E-state index in [9.17, 15) is 9.59 Å². The number of fused-ring (bicyclic) bond motifs is 1. The summed E-state index contributed by atoms with van der Waals surface area (Å²) in [5, 5.41) is 0.445. The molecule has 0 radical (unpaired) electrons. The van der Waals surface area contributed by atoms with Crippen LogP contribution in [0.2, 0.25) is 0 Å². The van der Waals surface area contributed by atoms with Gasteiger partial charge in [0.15, 0.2) is 4.77 Å². The number of nitrogens with zero attached hydrogens (tertiary/aromatic N) is 1. The summed E-state index contributed by atoms with van der Waals surface area (Å²) in [6.07, 6.45) is 0. The van der Waals surface area contributed by atoms with E-state index in [1.807, 2.05) is 25.1 Å². The lowest BCUT2D eigenvalue weighted by molar-refractivity contribution is 0.0953. The van der Waals surface area contributed by atoms with E-state index in [2.05, 4.69) is 27.6 Å². The SMILES string of the molecule is Cc1ccc(C(=O)n2c(=S)[nH]c3ccc(I)cc3c2=O)cc1. The predicted octanol–water partition coefficient (Wildman–Crippen LogP) is 3.66. The van der Waals surface area contributed by atoms with E-state index >= 15 is 0 Å². The summed E-state index contributed by atoms with van der Waals surface area (Å²) in [6.45, 7) is 1.94. The van der Waals surface area contributed by atoms with Crippen LogP contribution >= 0.6 is 34.8 Å². The largest absolute Gasteiger partial charge is 0.331 e. The van der Waals surface area contributed by atoms with Gasteiger partial charge < -0.3 is 4.98 Å². The maximum absolute atomic E-state index is 12.6. The number of rotatable bonds is 1. The zero-order chi connectivity index (χ0) is 15.9. The maximum atomic E-state index is 12.6. The molecule has 22 heavy (non-hydrogen) atoms. The zero-order valence-electron chi connectivity index (χ0n) is 11.6. The van der Waals surface area contributed by atoms with Gasteiger partial charge in [0.2, 0.25) is 0 Å². The molecule has 0 atom stereocenters. The Balaban J connectivity index is 2.26. The van der Waals surface area contributed by atoms with E-state index in [1.165, 1.54) is 0 Å². The number of hydrogen-bond acceptors (Lipinski definition) is 3. The van der Waals surface area contributed by atoms with Crippen molar-refractivity contribution in [1.82, 2.24) is 9.55 Å². The van der Waals surface area contributed by atoms with Crippen molar-refractivity contribution in [2.24, 2.45) is 0 Å². The van der Waals surface area contributed by atoms with Crippen LogP contribution in [0.5, 0.6) is 0 Å². The second-order valence-corrected chi connectivity index (χ2v) is 6.56. The van der Waals surface area contributed by atoms with E-state index in [0.717, 1.165) is 13.7 Å². The monoisotopic (exact) mass is 422 g/mol. The molecule has 110 valence electrons. The van der Waals surface area contributed by atoms with Crippen LogP contribution < -0.4 is 5.56 Å². The lowest BCUT2D eigenvalue weighted by Gasteiger charge is -2.07. The molecule has 3 aromatic rings. The lowest BCUT2D eigenvalue weighted by Crippen LogP contribution is -2.29.